The molecule has 0 bridgehead atoms. The first-order valence-electron chi connectivity index (χ1n) is 10.8. The van der Waals surface area contributed by atoms with Gasteiger partial charge in [0.25, 0.3) is 0 Å². The first-order valence-corrected chi connectivity index (χ1v) is 10.8. The van der Waals surface area contributed by atoms with Crippen molar-refractivity contribution in [3.8, 4) is 0 Å². The number of hydrogen-bond donors (Lipinski definition) is 3. The minimum Gasteiger partial charge on any atom is -0.390 e. The van der Waals surface area contributed by atoms with Gasteiger partial charge in [-0.1, -0.05) is 26.0 Å². The molecule has 0 aliphatic heterocycles. The number of allylic oxidation sites excluding steroid dienone is 1. The molecule has 5 rings (SSSR count). The van der Waals surface area contributed by atoms with Gasteiger partial charge in [-0.3, -0.25) is 5.10 Å². The van der Waals surface area contributed by atoms with E-state index in [0.717, 1.165) is 31.4 Å². The van der Waals surface area contributed by atoms with Crippen LogP contribution >= 0.6 is 0 Å². The average molecular weight is 371 g/mol. The molecule has 1 heterocycles. The molecule has 27 heavy (non-hydrogen) atoms. The predicted octanol–water partition coefficient (Wildman–Crippen LogP) is 3.50. The van der Waals surface area contributed by atoms with Crippen LogP contribution in [0.15, 0.2) is 18.3 Å². The summed E-state index contributed by atoms with van der Waals surface area (Å²) in [5, 5.41) is 29.9. The third-order valence-electron chi connectivity index (χ3n) is 9.58. The molecule has 4 nitrogen and oxygen atoms in total. The molecule has 4 aliphatic rings. The lowest BCUT2D eigenvalue weighted by Gasteiger charge is -2.63. The van der Waals surface area contributed by atoms with Crippen LogP contribution < -0.4 is 0 Å². The van der Waals surface area contributed by atoms with Crippen LogP contribution in [0.3, 0.4) is 0 Å². The maximum absolute atomic E-state index is 11.3. The standard InChI is InChI=1S/C23H34N2O2/c1-12(2)14-5-6-15-19-16(7-8-22(14,15)3)23(4)10-13-11-24-25-18(13)9-17(23)20(26)21(19)27/h11,14-17,19-21,26-27H,1,5-10H2,2-4H3,(H,24,25)/t14?,15-,16-,17+,19-,20+,21+,22+,23+/m0/s1. The van der Waals surface area contributed by atoms with Crippen molar-refractivity contribution in [3.05, 3.63) is 29.6 Å². The lowest BCUT2D eigenvalue weighted by Crippen LogP contribution is -2.64. The molecule has 0 saturated heterocycles. The van der Waals surface area contributed by atoms with E-state index in [2.05, 4.69) is 37.5 Å². The van der Waals surface area contributed by atoms with Gasteiger partial charge in [0.1, 0.15) is 0 Å². The molecular weight excluding hydrogens is 336 g/mol. The number of aromatic nitrogens is 2. The van der Waals surface area contributed by atoms with Crippen LogP contribution in [0, 0.1) is 40.4 Å². The first-order chi connectivity index (χ1) is 12.8. The smallest absolute Gasteiger partial charge is 0.0839 e. The number of hydrogen-bond acceptors (Lipinski definition) is 3. The zero-order chi connectivity index (χ0) is 19.1. The molecule has 1 unspecified atom stereocenters. The van der Waals surface area contributed by atoms with Gasteiger partial charge in [0.05, 0.1) is 18.4 Å². The van der Waals surface area contributed by atoms with Crippen LogP contribution in [0.2, 0.25) is 0 Å². The molecule has 9 atom stereocenters. The van der Waals surface area contributed by atoms with Crippen molar-refractivity contribution in [2.45, 2.75) is 71.5 Å². The predicted molar refractivity (Wildman–Crippen MR) is 105 cm³/mol. The summed E-state index contributed by atoms with van der Waals surface area (Å²) >= 11 is 0. The summed E-state index contributed by atoms with van der Waals surface area (Å²) in [6.07, 6.45) is 7.25. The second-order valence-corrected chi connectivity index (χ2v) is 10.7. The Balaban J connectivity index is 1.55. The fourth-order valence-electron chi connectivity index (χ4n) is 8.29. The van der Waals surface area contributed by atoms with Crippen molar-refractivity contribution in [1.82, 2.24) is 10.2 Å². The third kappa shape index (κ3) is 2.20. The number of aromatic amines is 1. The van der Waals surface area contributed by atoms with Gasteiger partial charge in [-0.15, -0.1) is 0 Å². The molecule has 3 N–H and O–H groups in total. The Morgan fingerprint density at radius 1 is 1.11 bits per heavy atom. The van der Waals surface area contributed by atoms with Crippen LogP contribution in [0.4, 0.5) is 0 Å². The van der Waals surface area contributed by atoms with E-state index in [1.807, 2.05) is 6.20 Å². The Morgan fingerprint density at radius 3 is 2.59 bits per heavy atom. The van der Waals surface area contributed by atoms with E-state index >= 15 is 0 Å². The Hall–Kier alpha value is -1.13. The zero-order valence-corrected chi connectivity index (χ0v) is 16.9. The highest BCUT2D eigenvalue weighted by Crippen LogP contribution is 2.67. The van der Waals surface area contributed by atoms with Crippen molar-refractivity contribution in [2.75, 3.05) is 0 Å². The topological polar surface area (TPSA) is 69.1 Å². The number of nitrogens with zero attached hydrogens (tertiary/aromatic N) is 1. The van der Waals surface area contributed by atoms with E-state index in [-0.39, 0.29) is 22.7 Å². The fourth-order valence-corrected chi connectivity index (χ4v) is 8.29. The SMILES string of the molecule is C=C(C)C1CC[C@H]2[C@@H]3[C@@H](O)[C@H](O)[C@H]4Cc5[nH]ncc5C[C@]4(C)[C@H]3CC[C@]12C. The molecule has 1 aromatic rings. The number of aliphatic hydroxyl groups excluding tert-OH is 2. The lowest BCUT2D eigenvalue weighted by molar-refractivity contribution is -0.205. The zero-order valence-electron chi connectivity index (χ0n) is 16.9. The van der Waals surface area contributed by atoms with E-state index in [4.69, 9.17) is 0 Å². The fraction of sp³-hybridized carbons (Fsp3) is 0.783. The Morgan fingerprint density at radius 2 is 1.85 bits per heavy atom. The number of fused-ring (bicyclic) bond motifs is 6. The van der Waals surface area contributed by atoms with Crippen LogP contribution in [-0.2, 0) is 12.8 Å². The van der Waals surface area contributed by atoms with Crippen molar-refractivity contribution in [2.24, 2.45) is 40.4 Å². The second kappa shape index (κ2) is 5.70. The molecule has 0 spiro atoms. The van der Waals surface area contributed by atoms with E-state index in [1.165, 1.54) is 24.0 Å². The molecule has 148 valence electrons. The monoisotopic (exact) mass is 370 g/mol. The third-order valence-corrected chi connectivity index (χ3v) is 9.58. The number of aliphatic hydroxyl groups is 2. The maximum Gasteiger partial charge on any atom is 0.0839 e. The Labute approximate surface area is 162 Å². The van der Waals surface area contributed by atoms with Crippen molar-refractivity contribution >= 4 is 0 Å². The normalized spacial score (nSPS) is 51.1. The minimum absolute atomic E-state index is 0.0445. The summed E-state index contributed by atoms with van der Waals surface area (Å²) in [6, 6.07) is 0. The molecule has 4 aliphatic carbocycles. The van der Waals surface area contributed by atoms with Crippen LogP contribution in [0.1, 0.15) is 57.7 Å². The van der Waals surface area contributed by atoms with Crippen LogP contribution in [-0.4, -0.2) is 32.6 Å². The quantitative estimate of drug-likeness (QED) is 0.663. The van der Waals surface area contributed by atoms with Crippen LogP contribution in [0.25, 0.3) is 0 Å². The lowest BCUT2D eigenvalue weighted by atomic mass is 9.43. The van der Waals surface area contributed by atoms with Gasteiger partial charge in [0.2, 0.25) is 0 Å². The van der Waals surface area contributed by atoms with E-state index in [0.29, 0.717) is 17.8 Å². The molecule has 0 aromatic carbocycles. The summed E-state index contributed by atoms with van der Waals surface area (Å²) < 4.78 is 0. The Kier molecular flexibility index (Phi) is 3.78. The summed E-state index contributed by atoms with van der Waals surface area (Å²) in [4.78, 5) is 0. The van der Waals surface area contributed by atoms with Crippen molar-refractivity contribution in [3.63, 3.8) is 0 Å². The highest BCUT2D eigenvalue weighted by atomic mass is 16.3. The largest absolute Gasteiger partial charge is 0.390 e. The van der Waals surface area contributed by atoms with Gasteiger partial charge in [0.15, 0.2) is 0 Å². The van der Waals surface area contributed by atoms with Crippen LogP contribution in [0.5, 0.6) is 0 Å². The second-order valence-electron chi connectivity index (χ2n) is 10.7. The van der Waals surface area contributed by atoms with Gasteiger partial charge < -0.3 is 10.2 Å². The van der Waals surface area contributed by atoms with Gasteiger partial charge in [-0.25, -0.2) is 0 Å². The van der Waals surface area contributed by atoms with E-state index in [1.54, 1.807) is 0 Å². The minimum atomic E-state index is -0.640. The molecule has 1 aromatic heterocycles. The van der Waals surface area contributed by atoms with Gasteiger partial charge in [-0.2, -0.15) is 5.10 Å². The summed E-state index contributed by atoms with van der Waals surface area (Å²) in [5.74, 6) is 1.85. The van der Waals surface area contributed by atoms with Crippen molar-refractivity contribution < 1.29 is 10.2 Å². The van der Waals surface area contributed by atoms with Crippen molar-refractivity contribution in [1.29, 1.82) is 0 Å². The summed E-state index contributed by atoms with van der Waals surface area (Å²) in [5.41, 5.74) is 4.05. The molecule has 0 amide bonds. The molecular formula is C23H34N2O2. The number of rotatable bonds is 1. The highest BCUT2D eigenvalue weighted by Gasteiger charge is 2.64. The molecule has 3 saturated carbocycles. The number of nitrogens with one attached hydrogen (secondary N) is 1. The average Bonchev–Trinajstić information content (AvgIpc) is 3.20. The van der Waals surface area contributed by atoms with E-state index < -0.39 is 12.2 Å². The molecule has 3 fully saturated rings. The highest BCUT2D eigenvalue weighted by molar-refractivity contribution is 5.27. The first kappa shape index (κ1) is 17.9. The van der Waals surface area contributed by atoms with Gasteiger partial charge in [-0.05, 0) is 91.4 Å². The molecule has 4 heteroatoms. The Bertz CT molecular complexity index is 772. The van der Waals surface area contributed by atoms with E-state index in [9.17, 15) is 10.2 Å². The summed E-state index contributed by atoms with van der Waals surface area (Å²) in [6.45, 7) is 11.3. The van der Waals surface area contributed by atoms with Gasteiger partial charge in [0, 0.05) is 5.69 Å². The molecule has 0 radical (unpaired) electrons. The number of H-pyrrole nitrogens is 1. The summed E-state index contributed by atoms with van der Waals surface area (Å²) in [7, 11) is 0. The maximum atomic E-state index is 11.3. The van der Waals surface area contributed by atoms with Gasteiger partial charge >= 0.3 is 0 Å².